The fourth-order valence-corrected chi connectivity index (χ4v) is 4.05. The molecule has 0 amide bonds. The van der Waals surface area contributed by atoms with Gasteiger partial charge in [-0.1, -0.05) is 71.1 Å². The second-order valence-corrected chi connectivity index (χ2v) is 8.29. The molecule has 0 aliphatic rings. The van der Waals surface area contributed by atoms with Gasteiger partial charge in [0.2, 0.25) is 0 Å². The standard InChI is InChI=1S/C18H32BrNS/c1-3-4-5-6-7-8-9-10-11-12-13-17(20-2)16-14-18(19)21-15-16/h14-15,17,20H,3-13H2,1-2H3. The van der Waals surface area contributed by atoms with Crippen molar-refractivity contribution in [1.82, 2.24) is 5.32 Å². The Kier molecular flexibility index (Phi) is 11.6. The van der Waals surface area contributed by atoms with Crippen molar-refractivity contribution in [3.63, 3.8) is 0 Å². The van der Waals surface area contributed by atoms with E-state index in [1.807, 2.05) is 0 Å². The molecule has 0 fully saturated rings. The van der Waals surface area contributed by atoms with Crippen LogP contribution >= 0.6 is 27.3 Å². The maximum absolute atomic E-state index is 3.55. The molecule has 0 bridgehead atoms. The molecular weight excluding hydrogens is 342 g/mol. The summed E-state index contributed by atoms with van der Waals surface area (Å²) in [6.07, 6.45) is 15.4. The quantitative estimate of drug-likeness (QED) is 0.364. The highest BCUT2D eigenvalue weighted by molar-refractivity contribution is 9.11. The molecule has 1 aromatic rings. The van der Waals surface area contributed by atoms with E-state index in [1.54, 1.807) is 11.3 Å². The Morgan fingerprint density at radius 3 is 2.05 bits per heavy atom. The number of hydrogen-bond acceptors (Lipinski definition) is 2. The molecule has 0 aliphatic heterocycles. The van der Waals surface area contributed by atoms with E-state index in [4.69, 9.17) is 0 Å². The number of halogens is 1. The monoisotopic (exact) mass is 373 g/mol. The molecule has 0 aromatic carbocycles. The fraction of sp³-hybridized carbons (Fsp3) is 0.778. The summed E-state index contributed by atoms with van der Waals surface area (Å²) in [7, 11) is 2.08. The molecule has 1 aromatic heterocycles. The normalized spacial score (nSPS) is 12.7. The molecule has 1 unspecified atom stereocenters. The third-order valence-electron chi connectivity index (χ3n) is 4.18. The summed E-state index contributed by atoms with van der Waals surface area (Å²) in [5, 5.41) is 5.71. The van der Waals surface area contributed by atoms with Crippen LogP contribution in [0.1, 0.15) is 89.2 Å². The maximum Gasteiger partial charge on any atom is 0.0701 e. The Hall–Kier alpha value is 0.140. The molecule has 1 nitrogen and oxygen atoms in total. The Morgan fingerprint density at radius 2 is 1.57 bits per heavy atom. The SMILES string of the molecule is CCCCCCCCCCCCC(NC)c1csc(Br)c1. The van der Waals surface area contributed by atoms with Gasteiger partial charge in [0.15, 0.2) is 0 Å². The minimum Gasteiger partial charge on any atom is -0.313 e. The predicted octanol–water partition coefficient (Wildman–Crippen LogP) is 7.08. The maximum atomic E-state index is 3.55. The fourth-order valence-electron chi connectivity index (χ4n) is 2.82. The van der Waals surface area contributed by atoms with E-state index in [2.05, 4.69) is 46.7 Å². The Bertz CT molecular complexity index is 351. The summed E-state index contributed by atoms with van der Waals surface area (Å²) in [6, 6.07) is 2.78. The lowest BCUT2D eigenvalue weighted by Crippen LogP contribution is -2.15. The van der Waals surface area contributed by atoms with Crippen LogP contribution in [0.4, 0.5) is 0 Å². The number of rotatable bonds is 13. The molecule has 1 rings (SSSR count). The van der Waals surface area contributed by atoms with E-state index >= 15 is 0 Å². The molecule has 0 saturated carbocycles. The van der Waals surface area contributed by atoms with Crippen LogP contribution in [0.15, 0.2) is 15.2 Å². The Balaban J connectivity index is 1.98. The van der Waals surface area contributed by atoms with Gasteiger partial charge in [0.05, 0.1) is 3.79 Å². The molecule has 1 N–H and O–H groups in total. The van der Waals surface area contributed by atoms with Gasteiger partial charge in [-0.3, -0.25) is 0 Å². The molecule has 1 atom stereocenters. The van der Waals surface area contributed by atoms with Gasteiger partial charge in [0.1, 0.15) is 0 Å². The van der Waals surface area contributed by atoms with Crippen LogP contribution in [0, 0.1) is 0 Å². The van der Waals surface area contributed by atoms with Crippen LogP contribution in [-0.2, 0) is 0 Å². The van der Waals surface area contributed by atoms with Crippen molar-refractivity contribution in [2.45, 2.75) is 83.6 Å². The number of thiophene rings is 1. The van der Waals surface area contributed by atoms with Crippen molar-refractivity contribution < 1.29 is 0 Å². The van der Waals surface area contributed by atoms with Gasteiger partial charge in [-0.25, -0.2) is 0 Å². The van der Waals surface area contributed by atoms with E-state index in [0.717, 1.165) is 0 Å². The summed E-state index contributed by atoms with van der Waals surface area (Å²) < 4.78 is 1.24. The van der Waals surface area contributed by atoms with Gasteiger partial charge in [0, 0.05) is 6.04 Å². The summed E-state index contributed by atoms with van der Waals surface area (Å²) in [6.45, 7) is 2.28. The lowest BCUT2D eigenvalue weighted by Gasteiger charge is -2.14. The van der Waals surface area contributed by atoms with Crippen LogP contribution in [0.5, 0.6) is 0 Å². The van der Waals surface area contributed by atoms with Crippen LogP contribution in [-0.4, -0.2) is 7.05 Å². The van der Waals surface area contributed by atoms with E-state index in [0.29, 0.717) is 6.04 Å². The summed E-state index contributed by atoms with van der Waals surface area (Å²) >= 11 is 5.34. The van der Waals surface area contributed by atoms with Gasteiger partial charge in [-0.15, -0.1) is 11.3 Å². The highest BCUT2D eigenvalue weighted by Gasteiger charge is 2.10. The highest BCUT2D eigenvalue weighted by Crippen LogP contribution is 2.28. The van der Waals surface area contributed by atoms with Crippen LogP contribution < -0.4 is 5.32 Å². The zero-order valence-corrected chi connectivity index (χ0v) is 16.2. The van der Waals surface area contributed by atoms with Gasteiger partial charge in [-0.2, -0.15) is 0 Å². The zero-order valence-electron chi connectivity index (χ0n) is 13.8. The lowest BCUT2D eigenvalue weighted by atomic mass is 10.0. The third-order valence-corrected chi connectivity index (χ3v) is 5.71. The minimum atomic E-state index is 0.529. The first kappa shape index (κ1) is 19.2. The van der Waals surface area contributed by atoms with Gasteiger partial charge in [0.25, 0.3) is 0 Å². The number of hydrogen-bond donors (Lipinski definition) is 1. The van der Waals surface area contributed by atoms with Gasteiger partial charge in [-0.05, 0) is 46.4 Å². The first-order valence-corrected chi connectivity index (χ1v) is 10.4. The predicted molar refractivity (Wildman–Crippen MR) is 100 cm³/mol. The van der Waals surface area contributed by atoms with E-state index in [-0.39, 0.29) is 0 Å². The second kappa shape index (κ2) is 12.7. The van der Waals surface area contributed by atoms with E-state index in [1.165, 1.54) is 80.0 Å². The molecule has 3 heteroatoms. The molecule has 0 saturated heterocycles. The molecule has 122 valence electrons. The first-order chi connectivity index (χ1) is 10.3. The first-order valence-electron chi connectivity index (χ1n) is 8.69. The van der Waals surface area contributed by atoms with Crippen molar-refractivity contribution in [1.29, 1.82) is 0 Å². The summed E-state index contributed by atoms with van der Waals surface area (Å²) in [5.74, 6) is 0. The molecule has 1 heterocycles. The molecule has 0 aliphatic carbocycles. The van der Waals surface area contributed by atoms with Gasteiger partial charge < -0.3 is 5.32 Å². The largest absolute Gasteiger partial charge is 0.313 e. The van der Waals surface area contributed by atoms with Gasteiger partial charge >= 0.3 is 0 Å². The molecular formula is C18H32BrNS. The van der Waals surface area contributed by atoms with Crippen LogP contribution in [0.3, 0.4) is 0 Å². The van der Waals surface area contributed by atoms with Crippen molar-refractivity contribution in [3.8, 4) is 0 Å². The van der Waals surface area contributed by atoms with E-state index in [9.17, 15) is 0 Å². The number of unbranched alkanes of at least 4 members (excludes halogenated alkanes) is 9. The minimum absolute atomic E-state index is 0.529. The molecule has 21 heavy (non-hydrogen) atoms. The zero-order chi connectivity index (χ0) is 15.3. The Morgan fingerprint density at radius 1 is 1.00 bits per heavy atom. The van der Waals surface area contributed by atoms with Crippen LogP contribution in [0.25, 0.3) is 0 Å². The topological polar surface area (TPSA) is 12.0 Å². The highest BCUT2D eigenvalue weighted by atomic mass is 79.9. The second-order valence-electron chi connectivity index (χ2n) is 6.00. The third kappa shape index (κ3) is 9.00. The Labute approximate surface area is 144 Å². The van der Waals surface area contributed by atoms with Crippen molar-refractivity contribution in [3.05, 3.63) is 20.8 Å². The van der Waals surface area contributed by atoms with E-state index < -0.39 is 0 Å². The number of nitrogens with one attached hydrogen (secondary N) is 1. The smallest absolute Gasteiger partial charge is 0.0701 e. The molecule has 0 spiro atoms. The summed E-state index contributed by atoms with van der Waals surface area (Å²) in [5.41, 5.74) is 1.44. The lowest BCUT2D eigenvalue weighted by molar-refractivity contribution is 0.493. The van der Waals surface area contributed by atoms with Crippen molar-refractivity contribution in [2.24, 2.45) is 0 Å². The van der Waals surface area contributed by atoms with Crippen molar-refractivity contribution >= 4 is 27.3 Å². The average molecular weight is 374 g/mol. The summed E-state index contributed by atoms with van der Waals surface area (Å²) in [4.78, 5) is 0. The molecule has 0 radical (unpaired) electrons. The van der Waals surface area contributed by atoms with Crippen molar-refractivity contribution in [2.75, 3.05) is 7.05 Å². The average Bonchev–Trinajstić information content (AvgIpc) is 2.91. The van der Waals surface area contributed by atoms with Crippen LogP contribution in [0.2, 0.25) is 0 Å².